The fraction of sp³-hybridized carbons (Fsp3) is 0.943. The van der Waals surface area contributed by atoms with E-state index in [9.17, 15) is 43.2 Å². The number of aliphatic hydroxyl groups excluding tert-OH is 1. The van der Waals surface area contributed by atoms with Gasteiger partial charge in [-0.25, -0.2) is 9.13 Å². The van der Waals surface area contributed by atoms with Crippen molar-refractivity contribution in [2.45, 2.75) is 380 Å². The van der Waals surface area contributed by atoms with E-state index in [4.69, 9.17) is 37.0 Å². The van der Waals surface area contributed by atoms with E-state index in [1.807, 2.05) is 0 Å². The largest absolute Gasteiger partial charge is 0.472 e. The van der Waals surface area contributed by atoms with Crippen LogP contribution in [0.4, 0.5) is 0 Å². The van der Waals surface area contributed by atoms with Gasteiger partial charge in [0.2, 0.25) is 0 Å². The number of carbonyl (C=O) groups excluding carboxylic acids is 4. The zero-order valence-electron chi connectivity index (χ0n) is 57.6. The predicted molar refractivity (Wildman–Crippen MR) is 358 cm³/mol. The summed E-state index contributed by atoms with van der Waals surface area (Å²) >= 11 is 0. The number of phosphoric ester groups is 2. The fourth-order valence-corrected chi connectivity index (χ4v) is 12.2. The zero-order valence-corrected chi connectivity index (χ0v) is 59.4. The Bertz CT molecular complexity index is 1720. The number of hydrogen-bond donors (Lipinski definition) is 3. The number of carbonyl (C=O) groups is 4. The molecule has 0 saturated carbocycles. The van der Waals surface area contributed by atoms with Crippen LogP contribution in [-0.4, -0.2) is 96.7 Å². The van der Waals surface area contributed by atoms with Crippen LogP contribution in [0, 0.1) is 5.92 Å². The van der Waals surface area contributed by atoms with E-state index in [2.05, 4.69) is 34.6 Å². The average molecular weight is 1310 g/mol. The van der Waals surface area contributed by atoms with Crippen molar-refractivity contribution in [2.75, 3.05) is 39.6 Å². The van der Waals surface area contributed by atoms with Crippen LogP contribution >= 0.6 is 15.6 Å². The van der Waals surface area contributed by atoms with E-state index < -0.39 is 97.5 Å². The summed E-state index contributed by atoms with van der Waals surface area (Å²) in [6.07, 6.45) is 50.0. The molecule has 0 bridgehead atoms. The van der Waals surface area contributed by atoms with Crippen LogP contribution in [-0.2, 0) is 65.4 Å². The minimum absolute atomic E-state index is 0.106. The molecule has 0 saturated heterocycles. The van der Waals surface area contributed by atoms with Crippen LogP contribution in [0.1, 0.15) is 362 Å². The van der Waals surface area contributed by atoms with Gasteiger partial charge in [0.05, 0.1) is 26.4 Å². The van der Waals surface area contributed by atoms with Gasteiger partial charge in [0.25, 0.3) is 0 Å². The third-order valence-corrected chi connectivity index (χ3v) is 18.5. The number of ether oxygens (including phenoxy) is 4. The smallest absolute Gasteiger partial charge is 0.462 e. The van der Waals surface area contributed by atoms with E-state index in [1.165, 1.54) is 173 Å². The maximum atomic E-state index is 13.0. The topological polar surface area (TPSA) is 237 Å². The molecule has 528 valence electrons. The van der Waals surface area contributed by atoms with Gasteiger partial charge in [0, 0.05) is 25.7 Å². The first-order chi connectivity index (χ1) is 43.1. The van der Waals surface area contributed by atoms with Crippen LogP contribution < -0.4 is 0 Å². The molecule has 0 aromatic carbocycles. The quantitative estimate of drug-likeness (QED) is 0.0222. The summed E-state index contributed by atoms with van der Waals surface area (Å²) in [5, 5.41) is 10.6. The SMILES string of the molecule is CCCCCCCCCCCCCCCCCC(=O)OC[C@H](COP(=O)(O)OC[C@@H](O)COP(=O)(O)OC[C@@H](COC(=O)CCCCCCCCC)OC(=O)CCCCCCCCCCC)OC(=O)CCCCCCCCCCCCCCCCC(C)CC. The zero-order chi connectivity index (χ0) is 65.6. The van der Waals surface area contributed by atoms with Crippen molar-refractivity contribution in [3.05, 3.63) is 0 Å². The molecule has 0 spiro atoms. The first-order valence-corrected chi connectivity index (χ1v) is 39.7. The molecule has 0 aliphatic carbocycles. The van der Waals surface area contributed by atoms with Crippen LogP contribution in [0.3, 0.4) is 0 Å². The first-order valence-electron chi connectivity index (χ1n) is 36.7. The van der Waals surface area contributed by atoms with Crippen molar-refractivity contribution in [1.29, 1.82) is 0 Å². The van der Waals surface area contributed by atoms with Gasteiger partial charge in [-0.3, -0.25) is 37.3 Å². The monoisotopic (exact) mass is 1310 g/mol. The number of rotatable bonds is 70. The van der Waals surface area contributed by atoms with E-state index in [0.717, 1.165) is 109 Å². The Morgan fingerprint density at radius 2 is 0.539 bits per heavy atom. The van der Waals surface area contributed by atoms with Gasteiger partial charge in [-0.15, -0.1) is 0 Å². The molecule has 19 heteroatoms. The van der Waals surface area contributed by atoms with Crippen LogP contribution in [0.15, 0.2) is 0 Å². The van der Waals surface area contributed by atoms with Crippen molar-refractivity contribution < 1.29 is 80.2 Å². The van der Waals surface area contributed by atoms with E-state index in [0.29, 0.717) is 25.7 Å². The number of phosphoric acid groups is 2. The average Bonchev–Trinajstić information content (AvgIpc) is 3.65. The molecule has 3 N–H and O–H groups in total. The third-order valence-electron chi connectivity index (χ3n) is 16.6. The predicted octanol–water partition coefficient (Wildman–Crippen LogP) is 20.1. The van der Waals surface area contributed by atoms with Crippen LogP contribution in [0.2, 0.25) is 0 Å². The van der Waals surface area contributed by atoms with Crippen molar-refractivity contribution in [3.8, 4) is 0 Å². The first kappa shape index (κ1) is 87.1. The second-order valence-electron chi connectivity index (χ2n) is 25.5. The Morgan fingerprint density at radius 3 is 0.798 bits per heavy atom. The molecule has 0 amide bonds. The van der Waals surface area contributed by atoms with Crippen molar-refractivity contribution >= 4 is 39.5 Å². The molecule has 3 unspecified atom stereocenters. The third kappa shape index (κ3) is 63.2. The van der Waals surface area contributed by atoms with Gasteiger partial charge in [0.1, 0.15) is 19.3 Å². The summed E-state index contributed by atoms with van der Waals surface area (Å²) in [6.45, 7) is 7.25. The van der Waals surface area contributed by atoms with Crippen molar-refractivity contribution in [3.63, 3.8) is 0 Å². The van der Waals surface area contributed by atoms with Gasteiger partial charge in [-0.05, 0) is 31.6 Å². The Kier molecular flexibility index (Phi) is 62.1. The lowest BCUT2D eigenvalue weighted by atomic mass is 9.99. The summed E-state index contributed by atoms with van der Waals surface area (Å²) in [5.74, 6) is -1.28. The van der Waals surface area contributed by atoms with Gasteiger partial charge in [-0.1, -0.05) is 311 Å². The minimum Gasteiger partial charge on any atom is -0.462 e. The summed E-state index contributed by atoms with van der Waals surface area (Å²) in [5.41, 5.74) is 0. The van der Waals surface area contributed by atoms with E-state index in [1.54, 1.807) is 0 Å². The van der Waals surface area contributed by atoms with Gasteiger partial charge < -0.3 is 33.8 Å². The molecule has 0 fully saturated rings. The van der Waals surface area contributed by atoms with Crippen LogP contribution in [0.5, 0.6) is 0 Å². The van der Waals surface area contributed by atoms with Gasteiger partial charge in [-0.2, -0.15) is 0 Å². The van der Waals surface area contributed by atoms with Crippen molar-refractivity contribution in [1.82, 2.24) is 0 Å². The highest BCUT2D eigenvalue weighted by molar-refractivity contribution is 7.47. The molecule has 0 radical (unpaired) electrons. The maximum absolute atomic E-state index is 13.0. The highest BCUT2D eigenvalue weighted by atomic mass is 31.2. The summed E-state index contributed by atoms with van der Waals surface area (Å²) in [6, 6.07) is 0. The van der Waals surface area contributed by atoms with Gasteiger partial charge >= 0.3 is 39.5 Å². The lowest BCUT2D eigenvalue weighted by molar-refractivity contribution is -0.161. The molecule has 0 heterocycles. The molecule has 0 aromatic rings. The molecule has 89 heavy (non-hydrogen) atoms. The number of esters is 4. The van der Waals surface area contributed by atoms with Gasteiger partial charge in [0.15, 0.2) is 12.2 Å². The maximum Gasteiger partial charge on any atom is 0.472 e. The molecule has 17 nitrogen and oxygen atoms in total. The number of unbranched alkanes of at least 4 members (excludes halogenated alkanes) is 41. The Morgan fingerprint density at radius 1 is 0.315 bits per heavy atom. The summed E-state index contributed by atoms with van der Waals surface area (Å²) in [4.78, 5) is 72.3. The molecule has 0 aliphatic rings. The summed E-state index contributed by atoms with van der Waals surface area (Å²) < 4.78 is 68.1. The molecule has 0 rings (SSSR count). The lowest BCUT2D eigenvalue weighted by Crippen LogP contribution is -2.30. The molecule has 0 aliphatic heterocycles. The van der Waals surface area contributed by atoms with Crippen molar-refractivity contribution in [2.24, 2.45) is 5.92 Å². The lowest BCUT2D eigenvalue weighted by Gasteiger charge is -2.21. The molecule has 0 aromatic heterocycles. The molecular formula is C70H136O17P2. The molecule has 6 atom stereocenters. The standard InChI is InChI=1S/C70H136O17P2/c1-6-10-13-16-19-21-22-23-24-28-31-35-39-44-49-54-68(73)81-60-66(87-70(75)56-51-46-41-36-32-29-26-25-27-30-34-38-42-47-52-63(5)9-4)62-85-89(78,79)83-58-64(71)57-82-88(76,77)84-61-65(59-80-67(72)53-48-43-37-18-15-12-8-3)86-69(74)55-50-45-40-33-20-17-14-11-7-2/h63-66,71H,6-62H2,1-5H3,(H,76,77)(H,78,79)/t63?,64-,65+,66+/m0/s1. The second-order valence-corrected chi connectivity index (χ2v) is 28.4. The van der Waals surface area contributed by atoms with E-state index >= 15 is 0 Å². The Hall–Kier alpha value is -1.94. The minimum atomic E-state index is -4.95. The second kappa shape index (κ2) is 63.5. The fourth-order valence-electron chi connectivity index (χ4n) is 10.6. The number of hydrogen-bond acceptors (Lipinski definition) is 15. The normalized spacial score (nSPS) is 14.4. The Balaban J connectivity index is 5.18. The molecular weight excluding hydrogens is 1170 g/mol. The Labute approximate surface area is 543 Å². The number of aliphatic hydroxyl groups is 1. The van der Waals surface area contributed by atoms with Crippen LogP contribution in [0.25, 0.3) is 0 Å². The van der Waals surface area contributed by atoms with E-state index in [-0.39, 0.29) is 25.7 Å². The highest BCUT2D eigenvalue weighted by Gasteiger charge is 2.30. The summed E-state index contributed by atoms with van der Waals surface area (Å²) in [7, 11) is -9.89. The highest BCUT2D eigenvalue weighted by Crippen LogP contribution is 2.45.